The van der Waals surface area contributed by atoms with Crippen LogP contribution in [0.2, 0.25) is 0 Å². The number of carbonyl (C=O) groups excluding carboxylic acids is 3. The smallest absolute Gasteiger partial charge is 0.321 e. The summed E-state index contributed by atoms with van der Waals surface area (Å²) in [7, 11) is 1.34. The van der Waals surface area contributed by atoms with Crippen molar-refractivity contribution in [1.29, 1.82) is 0 Å². The Hall–Kier alpha value is -2.16. The molecule has 120 valence electrons. The van der Waals surface area contributed by atoms with Crippen LogP contribution in [-0.4, -0.2) is 37.3 Å². The maximum Gasteiger partial charge on any atom is 0.321 e. The van der Waals surface area contributed by atoms with Crippen LogP contribution in [0.5, 0.6) is 0 Å². The molecule has 0 saturated carbocycles. The Morgan fingerprint density at radius 3 is 2.59 bits per heavy atom. The van der Waals surface area contributed by atoms with Gasteiger partial charge in [0.25, 0.3) is 5.91 Å². The van der Waals surface area contributed by atoms with Crippen molar-refractivity contribution in [1.82, 2.24) is 10.6 Å². The van der Waals surface area contributed by atoms with Gasteiger partial charge in [0, 0.05) is 17.7 Å². The van der Waals surface area contributed by atoms with E-state index < -0.39 is 36.1 Å². The van der Waals surface area contributed by atoms with Gasteiger partial charge >= 0.3 is 12.0 Å². The van der Waals surface area contributed by atoms with Gasteiger partial charge in [-0.05, 0) is 18.2 Å². The minimum absolute atomic E-state index is 0.0169. The van der Waals surface area contributed by atoms with Gasteiger partial charge in [-0.2, -0.15) is 0 Å². The second kappa shape index (κ2) is 8.98. The number of nitrogens with one attached hydrogen (secondary N) is 2. The summed E-state index contributed by atoms with van der Waals surface area (Å²) >= 11 is 1.15. The molecule has 22 heavy (non-hydrogen) atoms. The third-order valence-electron chi connectivity index (χ3n) is 2.31. The second-order valence-corrected chi connectivity index (χ2v) is 5.13. The van der Waals surface area contributed by atoms with Gasteiger partial charge < -0.3 is 10.1 Å². The molecular weight excluding hydrogens is 318 g/mol. The molecule has 0 saturated heterocycles. The molecule has 2 N–H and O–H groups in total. The van der Waals surface area contributed by atoms with Crippen LogP contribution in [0.15, 0.2) is 23.1 Å². The number of hydrogen-bond donors (Lipinski definition) is 2. The third kappa shape index (κ3) is 6.53. The molecule has 1 rings (SSSR count). The topological polar surface area (TPSA) is 84.5 Å². The summed E-state index contributed by atoms with van der Waals surface area (Å²) in [5.41, 5.74) is 0. The quantitative estimate of drug-likeness (QED) is 0.608. The normalized spacial score (nSPS) is 9.95. The fourth-order valence-electron chi connectivity index (χ4n) is 1.26. The summed E-state index contributed by atoms with van der Waals surface area (Å²) in [6.45, 7) is -0.567. The Bertz CT molecular complexity index is 569. The molecule has 6 nitrogen and oxygen atoms in total. The molecule has 0 aliphatic heterocycles. The first-order valence-corrected chi connectivity index (χ1v) is 7.16. The van der Waals surface area contributed by atoms with Crippen molar-refractivity contribution in [2.24, 2.45) is 0 Å². The average Bonchev–Trinajstić information content (AvgIpc) is 2.48. The van der Waals surface area contributed by atoms with Gasteiger partial charge in [0.2, 0.25) is 0 Å². The van der Waals surface area contributed by atoms with E-state index in [0.29, 0.717) is 4.90 Å². The van der Waals surface area contributed by atoms with E-state index in [9.17, 15) is 23.2 Å². The largest absolute Gasteiger partial charge is 0.456 e. The number of urea groups is 1. The average molecular weight is 332 g/mol. The number of hydrogen-bond acceptors (Lipinski definition) is 5. The van der Waals surface area contributed by atoms with Crippen molar-refractivity contribution < 1.29 is 27.9 Å². The maximum atomic E-state index is 13.0. The van der Waals surface area contributed by atoms with Gasteiger partial charge in [-0.25, -0.2) is 13.6 Å². The first-order valence-electron chi connectivity index (χ1n) is 6.17. The number of rotatable bonds is 6. The number of halogens is 2. The summed E-state index contributed by atoms with van der Waals surface area (Å²) in [6.07, 6.45) is -0.0169. The first kappa shape index (κ1) is 17.9. The van der Waals surface area contributed by atoms with Crippen molar-refractivity contribution in [3.05, 3.63) is 29.8 Å². The lowest BCUT2D eigenvalue weighted by atomic mass is 10.3. The minimum Gasteiger partial charge on any atom is -0.456 e. The number of benzene rings is 1. The van der Waals surface area contributed by atoms with Crippen LogP contribution >= 0.6 is 11.8 Å². The van der Waals surface area contributed by atoms with Gasteiger partial charge in [0.1, 0.15) is 0 Å². The van der Waals surface area contributed by atoms with Crippen LogP contribution in [0.25, 0.3) is 0 Å². The van der Waals surface area contributed by atoms with Crippen LogP contribution in [0.4, 0.5) is 13.6 Å². The van der Waals surface area contributed by atoms with Crippen LogP contribution in [-0.2, 0) is 14.3 Å². The van der Waals surface area contributed by atoms with E-state index in [-0.39, 0.29) is 12.2 Å². The lowest BCUT2D eigenvalue weighted by molar-refractivity contribution is -0.147. The number of amides is 3. The van der Waals surface area contributed by atoms with Crippen molar-refractivity contribution in [3.63, 3.8) is 0 Å². The molecule has 0 fully saturated rings. The van der Waals surface area contributed by atoms with Crippen LogP contribution in [0.3, 0.4) is 0 Å². The fraction of sp³-hybridized carbons (Fsp3) is 0.308. The van der Waals surface area contributed by atoms with Crippen LogP contribution < -0.4 is 10.6 Å². The number of ether oxygens (including phenoxy) is 1. The number of carbonyl (C=O) groups is 3. The lowest BCUT2D eigenvalue weighted by Crippen LogP contribution is -2.39. The van der Waals surface area contributed by atoms with E-state index in [2.05, 4.69) is 10.1 Å². The molecule has 1 aromatic rings. The molecular formula is C13H14F2N2O4S. The molecule has 0 unspecified atom stereocenters. The predicted octanol–water partition coefficient (Wildman–Crippen LogP) is 1.45. The lowest BCUT2D eigenvalue weighted by Gasteiger charge is -2.05. The van der Waals surface area contributed by atoms with E-state index in [1.165, 1.54) is 13.1 Å². The van der Waals surface area contributed by atoms with E-state index in [1.54, 1.807) is 0 Å². The van der Waals surface area contributed by atoms with Gasteiger partial charge in [-0.15, -0.1) is 11.8 Å². The predicted molar refractivity (Wildman–Crippen MR) is 75.3 cm³/mol. The van der Waals surface area contributed by atoms with Crippen LogP contribution in [0, 0.1) is 11.6 Å². The fourth-order valence-corrected chi connectivity index (χ4v) is 2.12. The summed E-state index contributed by atoms with van der Waals surface area (Å²) in [4.78, 5) is 33.8. The van der Waals surface area contributed by atoms with Crippen molar-refractivity contribution >= 4 is 29.7 Å². The van der Waals surface area contributed by atoms with Gasteiger partial charge in [-0.1, -0.05) is 0 Å². The highest BCUT2D eigenvalue weighted by Gasteiger charge is 2.10. The Balaban J connectivity index is 2.24. The molecule has 9 heteroatoms. The molecule has 0 aromatic heterocycles. The second-order valence-electron chi connectivity index (χ2n) is 3.96. The first-order chi connectivity index (χ1) is 10.4. The number of imide groups is 1. The third-order valence-corrected chi connectivity index (χ3v) is 3.31. The molecule has 0 aliphatic carbocycles. The highest BCUT2D eigenvalue weighted by Crippen LogP contribution is 2.21. The van der Waals surface area contributed by atoms with Gasteiger partial charge in [-0.3, -0.25) is 14.9 Å². The Morgan fingerprint density at radius 1 is 1.23 bits per heavy atom. The summed E-state index contributed by atoms with van der Waals surface area (Å²) in [5, 5.41) is 4.10. The Labute approximate surface area is 129 Å². The van der Waals surface area contributed by atoms with Gasteiger partial charge in [0.15, 0.2) is 18.2 Å². The monoisotopic (exact) mass is 332 g/mol. The molecule has 0 spiro atoms. The van der Waals surface area contributed by atoms with E-state index in [4.69, 9.17) is 0 Å². The molecule has 1 aromatic carbocycles. The Kier molecular flexibility index (Phi) is 7.30. The molecule has 0 bridgehead atoms. The van der Waals surface area contributed by atoms with E-state index in [1.807, 2.05) is 5.32 Å². The molecule has 3 amide bonds. The molecule has 0 aliphatic rings. The maximum absolute atomic E-state index is 13.0. The van der Waals surface area contributed by atoms with E-state index in [0.717, 1.165) is 23.9 Å². The van der Waals surface area contributed by atoms with Crippen molar-refractivity contribution in [3.8, 4) is 0 Å². The highest BCUT2D eigenvalue weighted by molar-refractivity contribution is 7.99. The summed E-state index contributed by atoms with van der Waals surface area (Å²) in [6, 6.07) is 2.72. The molecule has 0 atom stereocenters. The zero-order chi connectivity index (χ0) is 16.5. The van der Waals surface area contributed by atoms with Gasteiger partial charge in [0.05, 0.1) is 6.42 Å². The summed E-state index contributed by atoms with van der Waals surface area (Å²) in [5.74, 6) is -3.01. The minimum atomic E-state index is -0.960. The number of thioether (sulfide) groups is 1. The molecule has 0 heterocycles. The summed E-state index contributed by atoms with van der Waals surface area (Å²) < 4.78 is 30.3. The zero-order valence-corrected chi connectivity index (χ0v) is 12.5. The van der Waals surface area contributed by atoms with Crippen molar-refractivity contribution in [2.45, 2.75) is 11.3 Å². The highest BCUT2D eigenvalue weighted by atomic mass is 32.2. The van der Waals surface area contributed by atoms with Crippen molar-refractivity contribution in [2.75, 3.05) is 19.4 Å². The standard InChI is InChI=1S/C13H14F2N2O4S/c1-16-13(20)17-11(18)7-21-12(19)4-5-22-8-2-3-9(14)10(15)6-8/h2-3,6H,4-5,7H2,1H3,(H2,16,17,18,20). The van der Waals surface area contributed by atoms with Crippen LogP contribution in [0.1, 0.15) is 6.42 Å². The van der Waals surface area contributed by atoms with E-state index >= 15 is 0 Å². The Morgan fingerprint density at radius 2 is 1.95 bits per heavy atom. The molecule has 0 radical (unpaired) electrons. The number of esters is 1. The SMILES string of the molecule is CNC(=O)NC(=O)COC(=O)CCSc1ccc(F)c(F)c1. The zero-order valence-electron chi connectivity index (χ0n) is 11.7.